The van der Waals surface area contributed by atoms with Gasteiger partial charge in [-0.3, -0.25) is 16.8 Å². The van der Waals surface area contributed by atoms with Crippen LogP contribution < -0.4 is 0 Å². The molecule has 0 amide bonds. The Kier molecular flexibility index (Phi) is 17.2. The van der Waals surface area contributed by atoms with Crippen LogP contribution in [-0.4, -0.2) is 62.3 Å². The summed E-state index contributed by atoms with van der Waals surface area (Å²) in [5.41, 5.74) is 0. The van der Waals surface area contributed by atoms with Crippen molar-refractivity contribution >= 4 is 48.1 Å². The van der Waals surface area contributed by atoms with Crippen molar-refractivity contribution in [2.75, 3.05) is 0 Å². The molecule has 0 N–H and O–H groups in total. The van der Waals surface area contributed by atoms with E-state index in [0.717, 1.165) is 0 Å². The largest absolute Gasteiger partial charge is 2.00 e. The van der Waals surface area contributed by atoms with Crippen molar-refractivity contribution in [3.8, 4) is 0 Å². The fraction of sp³-hybridized carbons (Fsp3) is 0. The van der Waals surface area contributed by atoms with Crippen LogP contribution in [0.3, 0.4) is 0 Å². The van der Waals surface area contributed by atoms with Crippen LogP contribution in [0.5, 0.6) is 0 Å². The predicted molar refractivity (Wildman–Crippen MR) is 26.7 cm³/mol. The molecule has 0 heterocycles. The molecule has 8 nitrogen and oxygen atoms in total. The molecule has 0 aromatic rings. The summed E-state index contributed by atoms with van der Waals surface area (Å²) in [5.74, 6) is 0. The molecule has 0 aliphatic carbocycles. The van der Waals surface area contributed by atoms with Gasteiger partial charge in [0.15, 0.2) is 0 Å². The summed E-state index contributed by atoms with van der Waals surface area (Å²) in [7, 11) is -10.3. The average Bonchev–Trinajstić information content (AvgIpc) is 1.12. The van der Waals surface area contributed by atoms with Gasteiger partial charge in [-0.25, -0.2) is 0 Å². The summed E-state index contributed by atoms with van der Waals surface area (Å²) in [6.45, 7) is 0. The van der Waals surface area contributed by atoms with Gasteiger partial charge in [-0.05, 0) is 0 Å². The van der Waals surface area contributed by atoms with Crippen LogP contribution in [0.15, 0.2) is 0 Å². The second-order valence-corrected chi connectivity index (χ2v) is 2.45. The Morgan fingerprint density at radius 1 is 0.667 bits per heavy atom. The van der Waals surface area contributed by atoms with E-state index < -0.39 is 20.8 Å². The Morgan fingerprint density at radius 3 is 0.667 bits per heavy atom. The number of rotatable bonds is 0. The fourth-order valence-electron chi connectivity index (χ4n) is 0. The third kappa shape index (κ3) is 723. The minimum Gasteiger partial charge on any atom is -0.759 e. The molecule has 0 rings (SSSR count). The summed E-state index contributed by atoms with van der Waals surface area (Å²) in [6, 6.07) is 0. The Balaban J connectivity index is -0.0000000457. The zero-order chi connectivity index (χ0) is 9.00. The summed E-state index contributed by atoms with van der Waals surface area (Å²) >= 11 is 0. The van der Waals surface area contributed by atoms with Crippen LogP contribution in [0.4, 0.5) is 0 Å². The normalized spacial score (nSPS) is 9.67. The van der Waals surface area contributed by atoms with E-state index in [9.17, 15) is 0 Å². The van der Waals surface area contributed by atoms with Gasteiger partial charge >= 0.3 is 46.8 Å². The Hall–Kier alpha value is 1.29. The molecule has 2 radical (unpaired) electrons. The molecule has 0 unspecified atom stereocenters. The van der Waals surface area contributed by atoms with Gasteiger partial charge in [0.1, 0.15) is 0 Å². The van der Waals surface area contributed by atoms with Gasteiger partial charge in [0.2, 0.25) is 0 Å². The van der Waals surface area contributed by atoms with E-state index in [1.807, 2.05) is 0 Å². The monoisotopic (exact) mass is 464 g/mol. The molecular weight excluding hydrogens is 465 g/mol. The molecule has 0 atom stereocenters. The SMILES string of the molecule is O=S(=O)([O-])[O-].O=S(=O)([O-])[O-].[Pb+2].[Zn+2]. The first-order valence-electron chi connectivity index (χ1n) is 1.33. The Labute approximate surface area is 102 Å². The molecule has 0 spiro atoms. The third-order valence-electron chi connectivity index (χ3n) is 0. The maximum atomic E-state index is 8.52. The van der Waals surface area contributed by atoms with Crippen LogP contribution in [0.25, 0.3) is 0 Å². The Morgan fingerprint density at radius 2 is 0.667 bits per heavy atom. The molecular formula is O8PbS2Zn. The van der Waals surface area contributed by atoms with Crippen molar-refractivity contribution in [2.24, 2.45) is 0 Å². The van der Waals surface area contributed by atoms with Gasteiger partial charge in [0, 0.05) is 20.8 Å². The smallest absolute Gasteiger partial charge is 0.759 e. The molecule has 0 saturated heterocycles. The summed E-state index contributed by atoms with van der Waals surface area (Å²) in [5, 5.41) is 0. The van der Waals surface area contributed by atoms with Gasteiger partial charge in [0.05, 0.1) is 0 Å². The van der Waals surface area contributed by atoms with Crippen LogP contribution in [0.1, 0.15) is 0 Å². The molecule has 0 bridgehead atoms. The van der Waals surface area contributed by atoms with E-state index in [-0.39, 0.29) is 46.8 Å². The number of hydrogen-bond donors (Lipinski definition) is 0. The molecule has 12 heteroatoms. The zero-order valence-corrected chi connectivity index (χ0v) is 13.8. The van der Waals surface area contributed by atoms with Crippen molar-refractivity contribution in [2.45, 2.75) is 0 Å². The van der Waals surface area contributed by atoms with Gasteiger partial charge in [0.25, 0.3) is 0 Å². The second-order valence-electron chi connectivity index (χ2n) is 0.816. The third-order valence-corrected chi connectivity index (χ3v) is 0. The average molecular weight is 465 g/mol. The molecule has 66 valence electrons. The topological polar surface area (TPSA) is 161 Å². The van der Waals surface area contributed by atoms with Crippen LogP contribution in [0.2, 0.25) is 0 Å². The minimum atomic E-state index is -5.17. The van der Waals surface area contributed by atoms with Crippen molar-refractivity contribution in [3.63, 3.8) is 0 Å². The molecule has 12 heavy (non-hydrogen) atoms. The number of hydrogen-bond acceptors (Lipinski definition) is 8. The Bertz CT molecular complexity index is 213. The van der Waals surface area contributed by atoms with E-state index >= 15 is 0 Å². The van der Waals surface area contributed by atoms with Crippen LogP contribution in [0, 0.1) is 0 Å². The van der Waals surface area contributed by atoms with Gasteiger partial charge in [-0.1, -0.05) is 0 Å². The minimum absolute atomic E-state index is 0. The predicted octanol–water partition coefficient (Wildman–Crippen LogP) is -3.06. The van der Waals surface area contributed by atoms with Crippen LogP contribution >= 0.6 is 0 Å². The summed E-state index contributed by atoms with van der Waals surface area (Å²) < 4.78 is 68.2. The van der Waals surface area contributed by atoms with E-state index in [1.165, 1.54) is 0 Å². The van der Waals surface area contributed by atoms with Crippen molar-refractivity contribution in [1.82, 2.24) is 0 Å². The van der Waals surface area contributed by atoms with Crippen molar-refractivity contribution in [1.29, 1.82) is 0 Å². The van der Waals surface area contributed by atoms with E-state index in [0.29, 0.717) is 0 Å². The van der Waals surface area contributed by atoms with Gasteiger partial charge < -0.3 is 18.2 Å². The molecule has 0 saturated carbocycles. The standard InChI is InChI=1S/2H2O4S.Pb.Zn/c2*1-5(2,3)4;;/h2*(H2,1,2,3,4);;/q;;2*+2/p-4. The maximum absolute atomic E-state index is 8.52. The van der Waals surface area contributed by atoms with Crippen LogP contribution in [-0.2, 0) is 40.3 Å². The molecule has 0 aliphatic rings. The molecule has 0 aromatic heterocycles. The van der Waals surface area contributed by atoms with Gasteiger partial charge in [-0.15, -0.1) is 0 Å². The van der Waals surface area contributed by atoms with E-state index in [2.05, 4.69) is 0 Å². The van der Waals surface area contributed by atoms with E-state index in [4.69, 9.17) is 35.0 Å². The van der Waals surface area contributed by atoms with Crippen molar-refractivity contribution in [3.05, 3.63) is 0 Å². The summed E-state index contributed by atoms with van der Waals surface area (Å²) in [4.78, 5) is 0. The first-order chi connectivity index (χ1) is 4.00. The first kappa shape index (κ1) is 23.3. The quantitative estimate of drug-likeness (QED) is 0.207. The first-order valence-corrected chi connectivity index (χ1v) is 4.00. The summed E-state index contributed by atoms with van der Waals surface area (Å²) in [6.07, 6.45) is 0. The molecule has 0 fully saturated rings. The van der Waals surface area contributed by atoms with E-state index in [1.54, 1.807) is 0 Å². The molecule has 0 aromatic carbocycles. The second kappa shape index (κ2) is 8.86. The maximum Gasteiger partial charge on any atom is 2.00 e. The zero-order valence-electron chi connectivity index (χ0n) is 5.29. The molecule has 0 aliphatic heterocycles. The van der Waals surface area contributed by atoms with Crippen molar-refractivity contribution < 1.29 is 54.5 Å². The van der Waals surface area contributed by atoms with Gasteiger partial charge in [-0.2, -0.15) is 0 Å². The fourth-order valence-corrected chi connectivity index (χ4v) is 0.